The lowest BCUT2D eigenvalue weighted by Crippen LogP contribution is -2.57. The summed E-state index contributed by atoms with van der Waals surface area (Å²) in [5.41, 5.74) is 6.32. The van der Waals surface area contributed by atoms with E-state index in [1.165, 1.54) is 6.42 Å². The summed E-state index contributed by atoms with van der Waals surface area (Å²) in [7, 11) is 0. The highest BCUT2D eigenvalue weighted by Crippen LogP contribution is 2.39. The number of amides is 4. The number of aryl methyl sites for hydroxylation is 1. The van der Waals surface area contributed by atoms with E-state index >= 15 is 0 Å². The van der Waals surface area contributed by atoms with Crippen molar-refractivity contribution in [1.29, 1.82) is 0 Å². The fraction of sp³-hybridized carbons (Fsp3) is 0.484. The Balaban J connectivity index is 1.25. The van der Waals surface area contributed by atoms with E-state index in [1.807, 2.05) is 30.3 Å². The first-order chi connectivity index (χ1) is 20.2. The Bertz CT molecular complexity index is 1340. The Kier molecular flexibility index (Phi) is 9.28. The number of piperidine rings is 1. The summed E-state index contributed by atoms with van der Waals surface area (Å²) in [6.07, 6.45) is 6.76. The van der Waals surface area contributed by atoms with Crippen LogP contribution in [0.2, 0.25) is 10.0 Å². The van der Waals surface area contributed by atoms with Crippen molar-refractivity contribution in [1.82, 2.24) is 15.1 Å². The van der Waals surface area contributed by atoms with Crippen LogP contribution < -0.4 is 16.0 Å². The van der Waals surface area contributed by atoms with E-state index in [0.717, 1.165) is 31.4 Å². The van der Waals surface area contributed by atoms with E-state index in [9.17, 15) is 19.2 Å². The minimum absolute atomic E-state index is 0.0227. The highest BCUT2D eigenvalue weighted by atomic mass is 35.5. The van der Waals surface area contributed by atoms with Crippen LogP contribution >= 0.6 is 23.2 Å². The van der Waals surface area contributed by atoms with Crippen molar-refractivity contribution in [3.05, 3.63) is 63.6 Å². The topological polar surface area (TPSA) is 116 Å². The molecule has 0 radical (unpaired) electrons. The van der Waals surface area contributed by atoms with Gasteiger partial charge in [0.25, 0.3) is 11.8 Å². The van der Waals surface area contributed by atoms with Crippen molar-refractivity contribution < 1.29 is 19.2 Å². The van der Waals surface area contributed by atoms with Crippen LogP contribution in [0.4, 0.5) is 5.69 Å². The molecule has 1 saturated carbocycles. The summed E-state index contributed by atoms with van der Waals surface area (Å²) in [6.45, 7) is 1.15. The van der Waals surface area contributed by atoms with Crippen LogP contribution in [0.15, 0.2) is 42.5 Å². The molecule has 5 rings (SSSR count). The maximum Gasteiger partial charge on any atom is 0.250 e. The SMILES string of the molecule is NC(=O)c1c(CCC(=O)N2CCC3(CC2)C(=O)N(CC(=O)NC2CCCCC2)CN3c2ccccc2)ccc(Cl)c1Cl. The Morgan fingerprint density at radius 3 is 2.33 bits per heavy atom. The molecule has 4 amide bonds. The van der Waals surface area contributed by atoms with Gasteiger partial charge in [-0.05, 0) is 55.9 Å². The highest BCUT2D eigenvalue weighted by molar-refractivity contribution is 6.44. The van der Waals surface area contributed by atoms with E-state index in [4.69, 9.17) is 28.9 Å². The summed E-state index contributed by atoms with van der Waals surface area (Å²) in [5.74, 6) is -0.959. The highest BCUT2D eigenvalue weighted by Gasteiger charge is 2.54. The third-order valence-electron chi connectivity index (χ3n) is 8.87. The van der Waals surface area contributed by atoms with Gasteiger partial charge in [-0.25, -0.2) is 0 Å². The van der Waals surface area contributed by atoms with Crippen molar-refractivity contribution in [2.45, 2.75) is 69.4 Å². The Hall–Kier alpha value is -3.30. The Morgan fingerprint density at radius 2 is 1.67 bits per heavy atom. The predicted molar refractivity (Wildman–Crippen MR) is 162 cm³/mol. The van der Waals surface area contributed by atoms with Gasteiger partial charge in [-0.2, -0.15) is 0 Å². The number of primary amides is 1. The third kappa shape index (κ3) is 6.22. The molecule has 42 heavy (non-hydrogen) atoms. The van der Waals surface area contributed by atoms with Crippen LogP contribution in [-0.2, 0) is 20.8 Å². The quantitative estimate of drug-likeness (QED) is 0.464. The molecule has 1 spiro atoms. The van der Waals surface area contributed by atoms with E-state index in [1.54, 1.807) is 21.9 Å². The number of hydrogen-bond donors (Lipinski definition) is 2. The van der Waals surface area contributed by atoms with Crippen LogP contribution in [0.3, 0.4) is 0 Å². The molecule has 0 bridgehead atoms. The molecule has 0 atom stereocenters. The van der Waals surface area contributed by atoms with Gasteiger partial charge in [-0.3, -0.25) is 19.2 Å². The smallest absolute Gasteiger partial charge is 0.250 e. The average molecular weight is 615 g/mol. The number of rotatable bonds is 8. The average Bonchev–Trinajstić information content (AvgIpc) is 3.24. The molecular weight excluding hydrogens is 577 g/mol. The summed E-state index contributed by atoms with van der Waals surface area (Å²) in [5, 5.41) is 3.45. The molecule has 11 heteroatoms. The molecule has 9 nitrogen and oxygen atoms in total. The molecule has 3 fully saturated rings. The number of carbonyl (C=O) groups is 4. The van der Waals surface area contributed by atoms with Crippen LogP contribution in [0.25, 0.3) is 0 Å². The number of anilines is 1. The minimum Gasteiger partial charge on any atom is -0.366 e. The van der Waals surface area contributed by atoms with Crippen LogP contribution in [0, 0.1) is 0 Å². The van der Waals surface area contributed by atoms with Crippen LogP contribution in [0.5, 0.6) is 0 Å². The molecule has 0 aromatic heterocycles. The maximum absolute atomic E-state index is 14.0. The van der Waals surface area contributed by atoms with Crippen molar-refractivity contribution in [2.24, 2.45) is 5.73 Å². The van der Waals surface area contributed by atoms with Crippen molar-refractivity contribution in [3.63, 3.8) is 0 Å². The summed E-state index contributed by atoms with van der Waals surface area (Å²) < 4.78 is 0. The number of benzene rings is 2. The van der Waals surface area contributed by atoms with Gasteiger partial charge in [-0.15, -0.1) is 0 Å². The van der Waals surface area contributed by atoms with Crippen molar-refractivity contribution in [2.75, 3.05) is 31.2 Å². The zero-order chi connectivity index (χ0) is 29.9. The number of para-hydroxylation sites is 1. The molecule has 2 heterocycles. The molecule has 3 aliphatic rings. The third-order valence-corrected chi connectivity index (χ3v) is 9.67. The van der Waals surface area contributed by atoms with Gasteiger partial charge in [-0.1, -0.05) is 66.7 Å². The fourth-order valence-corrected chi connectivity index (χ4v) is 7.04. The fourth-order valence-electron chi connectivity index (χ4n) is 6.61. The molecule has 2 aromatic carbocycles. The Labute approximate surface area is 256 Å². The molecule has 3 N–H and O–H groups in total. The summed E-state index contributed by atoms with van der Waals surface area (Å²) in [6, 6.07) is 13.2. The van der Waals surface area contributed by atoms with Crippen LogP contribution in [-0.4, -0.2) is 71.3 Å². The van der Waals surface area contributed by atoms with Gasteiger partial charge in [0.1, 0.15) is 12.1 Å². The molecule has 224 valence electrons. The first-order valence-electron chi connectivity index (χ1n) is 14.7. The largest absolute Gasteiger partial charge is 0.366 e. The van der Waals surface area contributed by atoms with Crippen molar-refractivity contribution >= 4 is 52.5 Å². The normalized spacial score (nSPS) is 18.9. The first-order valence-corrected chi connectivity index (χ1v) is 15.4. The summed E-state index contributed by atoms with van der Waals surface area (Å²) >= 11 is 12.3. The lowest BCUT2D eigenvalue weighted by Gasteiger charge is -2.43. The molecule has 0 unspecified atom stereocenters. The number of carbonyl (C=O) groups excluding carboxylic acids is 4. The number of halogens is 2. The molecule has 2 aliphatic heterocycles. The van der Waals surface area contributed by atoms with Crippen molar-refractivity contribution in [3.8, 4) is 0 Å². The second-order valence-electron chi connectivity index (χ2n) is 11.5. The van der Waals surface area contributed by atoms with E-state index in [2.05, 4.69) is 10.2 Å². The monoisotopic (exact) mass is 613 g/mol. The molecular formula is C31H37Cl2N5O4. The second kappa shape index (κ2) is 12.9. The standard InChI is InChI=1S/C31H37Cl2N5O4/c32-24-13-11-21(27(28(24)33)29(34)41)12-14-26(40)36-17-15-31(16-18-36)30(42)37(20-38(31)23-9-5-2-6-10-23)19-25(39)35-22-7-3-1-4-8-22/h2,5-6,9-11,13,22H,1,3-4,7-8,12,14-20H2,(H2,34,41)(H,35,39). The van der Waals surface area contributed by atoms with Gasteiger partial charge in [0, 0.05) is 31.2 Å². The van der Waals surface area contributed by atoms with Gasteiger partial charge < -0.3 is 25.8 Å². The maximum atomic E-state index is 14.0. The van der Waals surface area contributed by atoms with Gasteiger partial charge in [0.05, 0.1) is 22.3 Å². The van der Waals surface area contributed by atoms with E-state index in [-0.39, 0.29) is 58.8 Å². The Morgan fingerprint density at radius 1 is 0.976 bits per heavy atom. The number of hydrogen-bond acceptors (Lipinski definition) is 5. The lowest BCUT2D eigenvalue weighted by atomic mass is 9.85. The molecule has 2 aromatic rings. The number of nitrogens with two attached hydrogens (primary N) is 1. The zero-order valence-electron chi connectivity index (χ0n) is 23.6. The lowest BCUT2D eigenvalue weighted by molar-refractivity contribution is -0.140. The molecule has 2 saturated heterocycles. The van der Waals surface area contributed by atoms with Gasteiger partial charge in [0.2, 0.25) is 11.8 Å². The molecule has 1 aliphatic carbocycles. The van der Waals surface area contributed by atoms with Gasteiger partial charge >= 0.3 is 0 Å². The minimum atomic E-state index is -0.827. The van der Waals surface area contributed by atoms with Crippen LogP contribution in [0.1, 0.15) is 67.3 Å². The van der Waals surface area contributed by atoms with E-state index < -0.39 is 11.4 Å². The van der Waals surface area contributed by atoms with Gasteiger partial charge in [0.15, 0.2) is 0 Å². The second-order valence-corrected chi connectivity index (χ2v) is 12.3. The zero-order valence-corrected chi connectivity index (χ0v) is 25.1. The number of nitrogens with one attached hydrogen (secondary N) is 1. The summed E-state index contributed by atoms with van der Waals surface area (Å²) in [4.78, 5) is 57.6. The van der Waals surface area contributed by atoms with E-state index in [0.29, 0.717) is 38.2 Å². The predicted octanol–water partition coefficient (Wildman–Crippen LogP) is 4.14. The number of nitrogens with zero attached hydrogens (tertiary/aromatic N) is 3. The first kappa shape index (κ1) is 30.2. The number of likely N-dealkylation sites (tertiary alicyclic amines) is 1.